The van der Waals surface area contributed by atoms with Gasteiger partial charge in [0.15, 0.2) is 0 Å². The largest absolute Gasteiger partial charge is 0.405 e. The van der Waals surface area contributed by atoms with Crippen molar-refractivity contribution in [1.29, 1.82) is 0 Å². The summed E-state index contributed by atoms with van der Waals surface area (Å²) in [5.74, 6) is 4.39. The van der Waals surface area contributed by atoms with E-state index in [0.717, 1.165) is 56.4 Å². The highest BCUT2D eigenvalue weighted by Crippen LogP contribution is 2.38. The number of aromatic nitrogens is 12. The fourth-order valence-corrected chi connectivity index (χ4v) is 14.2. The Labute approximate surface area is 639 Å². The van der Waals surface area contributed by atoms with Crippen LogP contribution in [0.2, 0.25) is 0 Å². The van der Waals surface area contributed by atoms with Gasteiger partial charge < -0.3 is 31.2 Å². The summed E-state index contributed by atoms with van der Waals surface area (Å²) in [5.41, 5.74) is -6.63. The van der Waals surface area contributed by atoms with Gasteiger partial charge in [-0.3, -0.25) is 88.6 Å². The van der Waals surface area contributed by atoms with Crippen molar-refractivity contribution in [2.24, 2.45) is 17.8 Å². The first-order valence-electron chi connectivity index (χ1n) is 36.9. The second kappa shape index (κ2) is 37.4. The zero-order valence-electron chi connectivity index (χ0n) is 62.0. The second-order valence-corrected chi connectivity index (χ2v) is 28.0. The van der Waals surface area contributed by atoms with E-state index in [1.54, 1.807) is 7.11 Å². The van der Waals surface area contributed by atoms with E-state index in [2.05, 4.69) is 72.7 Å². The first kappa shape index (κ1) is 82.1. The van der Waals surface area contributed by atoms with E-state index in [0.29, 0.717) is 109 Å². The van der Waals surface area contributed by atoms with E-state index in [1.807, 2.05) is 30.3 Å². The van der Waals surface area contributed by atoms with Crippen molar-refractivity contribution < 1.29 is 31.2 Å². The summed E-state index contributed by atoms with van der Waals surface area (Å²) in [6, 6.07) is 17.3. The molecule has 3 saturated carbocycles. The van der Waals surface area contributed by atoms with Crippen LogP contribution in [0.25, 0.3) is 66.6 Å². The molecule has 0 unspecified atom stereocenters. The van der Waals surface area contributed by atoms with Crippen LogP contribution in [0.15, 0.2) is 180 Å². The number of nitrogens with one attached hydrogen (secondary N) is 12. The van der Waals surface area contributed by atoms with Crippen LogP contribution in [0, 0.1) is 30.1 Å². The molecular formula is C78H78N12O25. The van der Waals surface area contributed by atoms with Gasteiger partial charge in [0.2, 0.25) is 34.3 Å². The molecule has 12 aromatic heterocycles. The zero-order valence-corrected chi connectivity index (χ0v) is 62.0. The van der Waals surface area contributed by atoms with E-state index in [-0.39, 0.29) is 67.1 Å². The Balaban J connectivity index is 0.000000136. The summed E-state index contributed by atoms with van der Waals surface area (Å²) in [6.07, 6.45) is 24.4. The molecule has 0 spiro atoms. The molecule has 1 aromatic carbocycles. The summed E-state index contributed by atoms with van der Waals surface area (Å²) in [6.45, 7) is 2.77. The number of aromatic amines is 12. The predicted octanol–water partition coefficient (Wildman–Crippen LogP) is 4.29. The molecule has 0 bridgehead atoms. The van der Waals surface area contributed by atoms with Crippen molar-refractivity contribution in [3.63, 3.8) is 0 Å². The number of unbranched alkanes of at least 4 members (excludes halogenated alkanes) is 1. The number of benzene rings is 1. The van der Waals surface area contributed by atoms with Crippen LogP contribution in [-0.4, -0.2) is 73.5 Å². The summed E-state index contributed by atoms with van der Waals surface area (Å²) < 4.78 is 34.1. The lowest BCUT2D eigenvalue weighted by molar-refractivity contribution is 0.195. The second-order valence-electron chi connectivity index (χ2n) is 28.0. The molecule has 12 heterocycles. The maximum atomic E-state index is 12.0. The van der Waals surface area contributed by atoms with Crippen LogP contribution < -0.4 is 101 Å². The highest BCUT2D eigenvalue weighted by atomic mass is 16.5. The van der Waals surface area contributed by atoms with Crippen molar-refractivity contribution >= 4 is 66.6 Å². The number of methoxy groups -OCH3 is 1. The number of hydrogen-bond acceptors (Lipinski definition) is 25. The minimum Gasteiger partial charge on any atom is -0.405 e. The normalized spacial score (nSPS) is 14.8. The maximum Gasteiger partial charge on any atom is 0.337 e. The third kappa shape index (κ3) is 21.2. The highest BCUT2D eigenvalue weighted by molar-refractivity contribution is 5.79. The van der Waals surface area contributed by atoms with E-state index >= 15 is 0 Å². The Kier molecular flexibility index (Phi) is 26.7. The molecule has 0 atom stereocenters. The lowest BCUT2D eigenvalue weighted by Crippen LogP contribution is -2.25. The molecule has 0 saturated heterocycles. The molecule has 13 aromatic rings. The lowest BCUT2D eigenvalue weighted by atomic mass is 9.79. The number of rotatable bonds is 14. The van der Waals surface area contributed by atoms with Crippen LogP contribution in [0.4, 0.5) is 0 Å². The molecule has 37 heteroatoms. The Morgan fingerprint density at radius 2 is 0.696 bits per heavy atom. The van der Waals surface area contributed by atoms with Gasteiger partial charge in [-0.1, -0.05) is 95.0 Å². The highest BCUT2D eigenvalue weighted by Gasteiger charge is 2.26. The first-order valence-corrected chi connectivity index (χ1v) is 36.9. The first-order chi connectivity index (χ1) is 55.2. The average Bonchev–Trinajstić information content (AvgIpc) is 0.815. The standard InChI is InChI=1S/2C15H18N2O4.C14H10N2O4.C12H10N2O4.C11H12N2O5.C11H10N2O4/c1-8-2-4-9(5-3-8)6-10-7-11(18)21-14-12(10)13(19)16-15(20)17-14;18-11-8-10(7-9-5-3-1-2-4-6-9)12-13(19)16-15(20)17-14(12)21-11;17-10-7-9(6-8-4-2-1-3-5-8)11-12(18)15-14(19)16-13(11)20-10;1-2-3-4-5-7-6-8(15)18-11-9(7)10(16)13-12(17)14-11;1-17-4-2-3-6-5-7(14)18-10-8(6)9(15)12-11(16)13-10;14-7-4-6(5-2-1-3-5)8-9(15)12-11(16)13-10(8)17-7/h7-9H,2-6H2,1H3,(H2,16,17,19,20);8-9H,1-7H2,(H2,16,17,19,20);1-5,7H,6H2,(H2,15,16,18,19);1,6H,3-5H2,(H2,13,14,16,17);5H,2-4H2,1H3,(H2,12,13,15,16);4-5H,1-3H2,(H2,12,13,15,16). The number of hydrogen-bond donors (Lipinski definition) is 12. The lowest BCUT2D eigenvalue weighted by Gasteiger charge is -2.26. The zero-order chi connectivity index (χ0) is 82.1. The third-order valence-electron chi connectivity index (χ3n) is 19.8. The average molecular weight is 1580 g/mol. The van der Waals surface area contributed by atoms with Gasteiger partial charge in [0.05, 0.1) is 0 Å². The van der Waals surface area contributed by atoms with Crippen molar-refractivity contribution in [3.05, 3.63) is 293 Å². The van der Waals surface area contributed by atoms with Crippen molar-refractivity contribution in [2.75, 3.05) is 13.7 Å². The van der Waals surface area contributed by atoms with Crippen molar-refractivity contribution in [3.8, 4) is 12.3 Å². The van der Waals surface area contributed by atoms with E-state index in [1.165, 1.54) is 74.9 Å². The van der Waals surface area contributed by atoms with Crippen LogP contribution in [-0.2, 0) is 36.8 Å². The molecule has 0 radical (unpaired) electrons. The minimum absolute atomic E-state index is 0.0279. The summed E-state index contributed by atoms with van der Waals surface area (Å²) in [7, 11) is 1.57. The Morgan fingerprint density at radius 1 is 0.365 bits per heavy atom. The van der Waals surface area contributed by atoms with Gasteiger partial charge in [0.25, 0.3) is 33.4 Å². The summed E-state index contributed by atoms with van der Waals surface area (Å²) in [5, 5.41) is 1.43. The maximum absolute atomic E-state index is 12.0. The van der Waals surface area contributed by atoms with Crippen molar-refractivity contribution in [2.45, 2.75) is 148 Å². The number of ether oxygens (including phenoxy) is 1. The number of H-pyrrole nitrogens is 12. The number of aryl methyl sites for hydroxylation is 2. The molecule has 16 rings (SSSR count). The van der Waals surface area contributed by atoms with Gasteiger partial charge in [-0.25, -0.2) is 57.5 Å². The fraction of sp³-hybridized carbons (Fsp3) is 0.359. The minimum atomic E-state index is -0.712. The molecule has 600 valence electrons. The molecular weight excluding hydrogens is 1500 g/mol. The third-order valence-corrected chi connectivity index (χ3v) is 19.8. The molecule has 0 amide bonds. The quantitative estimate of drug-likeness (QED) is 0.0410. The summed E-state index contributed by atoms with van der Waals surface area (Å²) >= 11 is 0. The van der Waals surface area contributed by atoms with Crippen LogP contribution in [0.3, 0.4) is 0 Å². The fourth-order valence-electron chi connectivity index (χ4n) is 14.2. The molecule has 0 aliphatic heterocycles. The van der Waals surface area contributed by atoms with Crippen LogP contribution in [0.1, 0.15) is 155 Å². The van der Waals surface area contributed by atoms with Gasteiger partial charge in [0, 0.05) is 56.5 Å². The monoisotopic (exact) mass is 1580 g/mol. The van der Waals surface area contributed by atoms with Gasteiger partial charge in [-0.15, -0.1) is 12.3 Å². The van der Waals surface area contributed by atoms with Crippen LogP contribution in [0.5, 0.6) is 0 Å². The molecule has 115 heavy (non-hydrogen) atoms. The Bertz CT molecular complexity index is 6950. The van der Waals surface area contributed by atoms with Crippen molar-refractivity contribution in [1.82, 2.24) is 59.8 Å². The number of terminal acetylenes is 1. The summed E-state index contributed by atoms with van der Waals surface area (Å²) in [4.78, 5) is 234. The van der Waals surface area contributed by atoms with E-state index in [9.17, 15) is 86.3 Å². The molecule has 37 nitrogen and oxygen atoms in total. The topological polar surface area (TPSA) is 585 Å². The molecule has 3 aliphatic rings. The Hall–Kier alpha value is -13.9. The smallest absolute Gasteiger partial charge is 0.337 e. The molecule has 3 aliphatic carbocycles. The van der Waals surface area contributed by atoms with E-state index in [4.69, 9.17) is 37.7 Å². The molecule has 3 fully saturated rings. The Morgan fingerprint density at radius 3 is 1.07 bits per heavy atom. The predicted molar refractivity (Wildman–Crippen MR) is 420 cm³/mol. The van der Waals surface area contributed by atoms with Gasteiger partial charge in [-0.05, 0) is 133 Å². The number of fused-ring (bicyclic) bond motifs is 6. The SMILES string of the molecule is C#CCCCc1cc(=O)oc2[nH]c(=O)[nH]c(=O)c12.CC1CCC(Cc2cc(=O)oc3[nH]c(=O)[nH]c(=O)c23)CC1.COCCCc1cc(=O)oc2[nH]c(=O)[nH]c(=O)c12.O=c1[nH]c(=O)c2c(C3CCC3)cc(=O)oc2[nH]1.O=c1[nH]c(=O)c2c(CC3CCCCCC3)cc(=O)oc2[nH]1.O=c1[nH]c(=O)c2c(Cc3ccccc3)cc(=O)oc2[nH]1. The van der Waals surface area contributed by atoms with Gasteiger partial charge >= 0.3 is 67.9 Å². The van der Waals surface area contributed by atoms with Crippen LogP contribution >= 0.6 is 0 Å². The van der Waals surface area contributed by atoms with E-state index < -0.39 is 101 Å². The molecule has 12 N–H and O–H groups in total. The van der Waals surface area contributed by atoms with Gasteiger partial charge in [-0.2, -0.15) is 0 Å². The van der Waals surface area contributed by atoms with Gasteiger partial charge in [0.1, 0.15) is 32.3 Å².